The quantitative estimate of drug-likeness (QED) is 0.790. The van der Waals surface area contributed by atoms with Crippen LogP contribution in [-0.2, 0) is 4.74 Å². The van der Waals surface area contributed by atoms with Gasteiger partial charge in [-0.3, -0.25) is 4.99 Å². The number of aliphatic hydroxyl groups excluding tert-OH is 1. The molecule has 0 saturated heterocycles. The molecule has 0 amide bonds. The molecule has 1 aliphatic heterocycles. The molecule has 3 rings (SSSR count). The predicted octanol–water partition coefficient (Wildman–Crippen LogP) is 0.561. The van der Waals surface area contributed by atoms with Gasteiger partial charge in [-0.25, -0.2) is 4.79 Å². The maximum atomic E-state index is 11.8. The molecule has 0 unspecified atom stereocenters. The summed E-state index contributed by atoms with van der Waals surface area (Å²) < 4.78 is 5.02. The molecule has 100 valence electrons. The van der Waals surface area contributed by atoms with Gasteiger partial charge in [-0.05, 0) is 50.0 Å². The van der Waals surface area contributed by atoms with Gasteiger partial charge in [-0.2, -0.15) is 0 Å². The van der Waals surface area contributed by atoms with Gasteiger partial charge in [0.1, 0.15) is 0 Å². The highest BCUT2D eigenvalue weighted by atomic mass is 16.5. The van der Waals surface area contributed by atoms with E-state index in [-0.39, 0.29) is 18.1 Å². The minimum absolute atomic E-state index is 0.110. The number of rotatable bonds is 2. The van der Waals surface area contributed by atoms with Crippen LogP contribution in [0.3, 0.4) is 0 Å². The Hall–Kier alpha value is -1.68. The lowest BCUT2D eigenvalue weighted by Crippen LogP contribution is -2.30. The Kier molecular flexibility index (Phi) is 3.11. The van der Waals surface area contributed by atoms with Crippen molar-refractivity contribution in [2.24, 2.45) is 4.99 Å². The Bertz CT molecular complexity index is 635. The molecule has 19 heavy (non-hydrogen) atoms. The molecule has 2 atom stereocenters. The summed E-state index contributed by atoms with van der Waals surface area (Å²) in [7, 11) is 0. The van der Waals surface area contributed by atoms with Crippen molar-refractivity contribution in [2.45, 2.75) is 38.3 Å². The average molecular weight is 259 g/mol. The number of carbonyl (C=O) groups is 1. The van der Waals surface area contributed by atoms with Gasteiger partial charge in [0.05, 0.1) is 29.7 Å². The van der Waals surface area contributed by atoms with E-state index in [1.165, 1.54) is 5.57 Å². The van der Waals surface area contributed by atoms with Gasteiger partial charge in [0.15, 0.2) is 0 Å². The molecule has 0 aromatic heterocycles. The van der Waals surface area contributed by atoms with Crippen LogP contribution in [0.1, 0.15) is 36.5 Å². The lowest BCUT2D eigenvalue weighted by Gasteiger charge is -2.24. The summed E-state index contributed by atoms with van der Waals surface area (Å²) in [5.74, 6) is -0.300. The molecular formula is C15H17NO3. The van der Waals surface area contributed by atoms with Crippen molar-refractivity contribution in [2.75, 3.05) is 6.61 Å². The zero-order valence-electron chi connectivity index (χ0n) is 10.9. The number of esters is 1. The van der Waals surface area contributed by atoms with Crippen LogP contribution >= 0.6 is 0 Å². The maximum absolute atomic E-state index is 11.8. The Balaban J connectivity index is 2.08. The number of fused-ring (bicyclic) bond motifs is 2. The maximum Gasteiger partial charge on any atom is 0.338 e. The van der Waals surface area contributed by atoms with Crippen LogP contribution in [-0.4, -0.2) is 29.8 Å². The fraction of sp³-hybridized carbons (Fsp3) is 0.467. The number of hydrogen-bond acceptors (Lipinski definition) is 4. The van der Waals surface area contributed by atoms with Crippen molar-refractivity contribution in [1.82, 2.24) is 0 Å². The Morgan fingerprint density at radius 1 is 1.53 bits per heavy atom. The van der Waals surface area contributed by atoms with Crippen molar-refractivity contribution in [3.05, 3.63) is 34.3 Å². The van der Waals surface area contributed by atoms with E-state index in [0.717, 1.165) is 29.8 Å². The third kappa shape index (κ3) is 2.06. The molecule has 2 aliphatic rings. The monoisotopic (exact) mass is 259 g/mol. The topological polar surface area (TPSA) is 58.9 Å². The highest BCUT2D eigenvalue weighted by Gasteiger charge is 2.30. The molecule has 1 aromatic carbocycles. The minimum Gasteiger partial charge on any atom is -0.462 e. The van der Waals surface area contributed by atoms with Gasteiger partial charge >= 0.3 is 5.97 Å². The summed E-state index contributed by atoms with van der Waals surface area (Å²) in [5, 5.41) is 11.9. The first kappa shape index (κ1) is 12.4. The van der Waals surface area contributed by atoms with E-state index in [0.29, 0.717) is 12.2 Å². The lowest BCUT2D eigenvalue weighted by atomic mass is 9.88. The fourth-order valence-corrected chi connectivity index (χ4v) is 2.89. The first-order valence-corrected chi connectivity index (χ1v) is 6.77. The molecule has 0 radical (unpaired) electrons. The SMILES string of the molecule is CCOC(=O)c1ccc2c(c1)=C1CCC[C@@H](O)[C@@H]1N=2. The van der Waals surface area contributed by atoms with E-state index < -0.39 is 0 Å². The molecule has 1 aromatic rings. The number of carbonyl (C=O) groups excluding carboxylic acids is 1. The molecule has 4 heteroatoms. The van der Waals surface area contributed by atoms with Gasteiger partial charge in [0.25, 0.3) is 0 Å². The Morgan fingerprint density at radius 3 is 3.16 bits per heavy atom. The first-order valence-electron chi connectivity index (χ1n) is 6.77. The van der Waals surface area contributed by atoms with Crippen LogP contribution in [0.5, 0.6) is 0 Å². The summed E-state index contributed by atoms with van der Waals surface area (Å²) in [6.45, 7) is 2.17. The highest BCUT2D eigenvalue weighted by Crippen LogP contribution is 2.27. The molecule has 4 nitrogen and oxygen atoms in total. The van der Waals surface area contributed by atoms with Crippen LogP contribution in [0.15, 0.2) is 23.2 Å². The molecule has 1 heterocycles. The van der Waals surface area contributed by atoms with Crippen molar-refractivity contribution >= 4 is 11.5 Å². The van der Waals surface area contributed by atoms with Gasteiger partial charge in [-0.1, -0.05) is 0 Å². The second-order valence-electron chi connectivity index (χ2n) is 5.01. The predicted molar refractivity (Wildman–Crippen MR) is 70.2 cm³/mol. The van der Waals surface area contributed by atoms with Crippen LogP contribution in [0.4, 0.5) is 0 Å². The Labute approximate surface area is 111 Å². The molecule has 0 bridgehead atoms. The molecular weight excluding hydrogens is 242 g/mol. The number of nitrogens with zero attached hydrogens (tertiary/aromatic N) is 1. The zero-order chi connectivity index (χ0) is 13.4. The van der Waals surface area contributed by atoms with Crippen LogP contribution in [0, 0.1) is 0 Å². The number of aliphatic hydroxyl groups is 1. The molecule has 1 N–H and O–H groups in total. The summed E-state index contributed by atoms with van der Waals surface area (Å²) in [6, 6.07) is 5.33. The first-order chi connectivity index (χ1) is 9.20. The smallest absolute Gasteiger partial charge is 0.338 e. The third-order valence-electron chi connectivity index (χ3n) is 3.80. The molecule has 1 saturated carbocycles. The van der Waals surface area contributed by atoms with E-state index >= 15 is 0 Å². The third-order valence-corrected chi connectivity index (χ3v) is 3.80. The lowest BCUT2D eigenvalue weighted by molar-refractivity contribution is 0.0526. The Morgan fingerprint density at radius 2 is 2.37 bits per heavy atom. The van der Waals surface area contributed by atoms with Crippen molar-refractivity contribution in [3.63, 3.8) is 0 Å². The average Bonchev–Trinajstić information content (AvgIpc) is 2.78. The summed E-state index contributed by atoms with van der Waals surface area (Å²) in [4.78, 5) is 16.3. The second kappa shape index (κ2) is 4.78. The molecule has 0 spiro atoms. The normalized spacial score (nSPS) is 24.4. The summed E-state index contributed by atoms with van der Waals surface area (Å²) in [6.07, 6.45) is 2.34. The minimum atomic E-state index is -0.387. The van der Waals surface area contributed by atoms with Crippen molar-refractivity contribution < 1.29 is 14.6 Å². The van der Waals surface area contributed by atoms with Crippen LogP contribution in [0.25, 0.3) is 5.57 Å². The van der Waals surface area contributed by atoms with E-state index in [4.69, 9.17) is 4.74 Å². The standard InChI is InChI=1S/C15H17NO3/c1-2-19-15(18)9-6-7-12-11(8-9)10-4-3-5-13(17)14(10)16-12/h6-8,13-14,17H,2-5H2,1H3/t13-,14-/m1/s1. The van der Waals surface area contributed by atoms with E-state index in [9.17, 15) is 9.90 Å². The number of hydrogen-bond donors (Lipinski definition) is 1. The van der Waals surface area contributed by atoms with Crippen LogP contribution in [0.2, 0.25) is 0 Å². The van der Waals surface area contributed by atoms with Crippen LogP contribution < -0.4 is 10.6 Å². The summed E-state index contributed by atoms with van der Waals surface area (Å²) >= 11 is 0. The van der Waals surface area contributed by atoms with Gasteiger partial charge < -0.3 is 9.84 Å². The van der Waals surface area contributed by atoms with E-state index in [1.807, 2.05) is 12.1 Å². The van der Waals surface area contributed by atoms with E-state index in [2.05, 4.69) is 4.99 Å². The largest absolute Gasteiger partial charge is 0.462 e. The number of benzene rings is 1. The van der Waals surface area contributed by atoms with Crippen molar-refractivity contribution in [1.29, 1.82) is 0 Å². The van der Waals surface area contributed by atoms with Gasteiger partial charge in [0.2, 0.25) is 0 Å². The highest BCUT2D eigenvalue weighted by molar-refractivity contribution is 5.89. The zero-order valence-corrected chi connectivity index (χ0v) is 10.9. The van der Waals surface area contributed by atoms with Crippen molar-refractivity contribution in [3.8, 4) is 0 Å². The van der Waals surface area contributed by atoms with Gasteiger partial charge in [0, 0.05) is 5.22 Å². The van der Waals surface area contributed by atoms with E-state index in [1.54, 1.807) is 13.0 Å². The number of ether oxygens (including phenoxy) is 1. The molecule has 1 aliphatic carbocycles. The van der Waals surface area contributed by atoms with Gasteiger partial charge in [-0.15, -0.1) is 0 Å². The fourth-order valence-electron chi connectivity index (χ4n) is 2.89. The summed E-state index contributed by atoms with van der Waals surface area (Å²) in [5.41, 5.74) is 1.73. The molecule has 1 fully saturated rings. The second-order valence-corrected chi connectivity index (χ2v) is 5.01.